The van der Waals surface area contributed by atoms with Crippen molar-refractivity contribution < 1.29 is 0 Å². The molecule has 2 aromatic rings. The van der Waals surface area contributed by atoms with Crippen LogP contribution >= 0.6 is 35.1 Å². The second kappa shape index (κ2) is 3.94. The summed E-state index contributed by atoms with van der Waals surface area (Å²) in [6, 6.07) is 7.96. The van der Waals surface area contributed by atoms with Crippen molar-refractivity contribution in [1.82, 2.24) is 14.9 Å². The number of halogens is 1. The SMILES string of the molecule is Clc1ccc(C2SC=C3Sc4nncn4N32)cc1. The van der Waals surface area contributed by atoms with E-state index in [1.165, 1.54) is 10.6 Å². The van der Waals surface area contributed by atoms with Gasteiger partial charge in [0.15, 0.2) is 0 Å². The number of benzene rings is 1. The number of fused-ring (bicyclic) bond motifs is 3. The van der Waals surface area contributed by atoms with Crippen LogP contribution in [0.4, 0.5) is 0 Å². The van der Waals surface area contributed by atoms with Crippen LogP contribution in [0.5, 0.6) is 0 Å². The monoisotopic (exact) mass is 294 g/mol. The maximum absolute atomic E-state index is 5.93. The van der Waals surface area contributed by atoms with Crippen LogP contribution < -0.4 is 5.01 Å². The summed E-state index contributed by atoms with van der Waals surface area (Å²) < 4.78 is 2.00. The number of thioether (sulfide) groups is 2. The van der Waals surface area contributed by atoms with E-state index < -0.39 is 0 Å². The van der Waals surface area contributed by atoms with Gasteiger partial charge in [-0.05, 0) is 29.5 Å². The van der Waals surface area contributed by atoms with Crippen LogP contribution in [-0.2, 0) is 0 Å². The Kier molecular flexibility index (Phi) is 2.36. The molecule has 0 N–H and O–H groups in total. The fourth-order valence-corrected chi connectivity index (χ4v) is 4.36. The third kappa shape index (κ3) is 1.49. The van der Waals surface area contributed by atoms with Gasteiger partial charge in [-0.25, -0.2) is 4.68 Å². The number of aromatic nitrogens is 3. The lowest BCUT2D eigenvalue weighted by molar-refractivity contribution is 0.634. The first-order valence-corrected chi connectivity index (χ1v) is 7.45. The van der Waals surface area contributed by atoms with Gasteiger partial charge in [0, 0.05) is 10.4 Å². The third-order valence-corrected chi connectivity index (χ3v) is 5.28. The van der Waals surface area contributed by atoms with E-state index in [0.29, 0.717) is 0 Å². The Labute approximate surface area is 117 Å². The standard InChI is InChI=1S/C11H7ClN4S2/c12-8-3-1-7(2-4-8)10-16-9(5-17-10)18-11-14-13-6-15(11)16/h1-6,10H. The number of rotatable bonds is 1. The summed E-state index contributed by atoms with van der Waals surface area (Å²) in [5.74, 6) is 0. The van der Waals surface area contributed by atoms with Crippen molar-refractivity contribution in [3.8, 4) is 0 Å². The molecule has 4 nitrogen and oxygen atoms in total. The molecule has 0 bridgehead atoms. The lowest BCUT2D eigenvalue weighted by Gasteiger charge is -2.24. The van der Waals surface area contributed by atoms with E-state index in [2.05, 4.69) is 32.7 Å². The number of hydrogen-bond donors (Lipinski definition) is 0. The van der Waals surface area contributed by atoms with Gasteiger partial charge in [-0.2, -0.15) is 0 Å². The Hall–Kier alpha value is -1.11. The molecular formula is C11H7ClN4S2. The van der Waals surface area contributed by atoms with Gasteiger partial charge in [-0.15, -0.1) is 10.2 Å². The highest BCUT2D eigenvalue weighted by molar-refractivity contribution is 8.07. The van der Waals surface area contributed by atoms with E-state index in [0.717, 1.165) is 10.2 Å². The summed E-state index contributed by atoms with van der Waals surface area (Å²) in [5.41, 5.74) is 1.22. The number of nitrogens with zero attached hydrogens (tertiary/aromatic N) is 4. The predicted molar refractivity (Wildman–Crippen MR) is 74.0 cm³/mol. The first-order chi connectivity index (χ1) is 8.83. The van der Waals surface area contributed by atoms with E-state index in [-0.39, 0.29) is 5.37 Å². The highest BCUT2D eigenvalue weighted by Gasteiger charge is 2.37. The summed E-state index contributed by atoms with van der Waals surface area (Å²) in [7, 11) is 0. The van der Waals surface area contributed by atoms with Crippen molar-refractivity contribution in [1.29, 1.82) is 0 Å². The van der Waals surface area contributed by atoms with Gasteiger partial charge in [0.1, 0.15) is 16.7 Å². The molecule has 0 fully saturated rings. The van der Waals surface area contributed by atoms with Crippen molar-refractivity contribution in [3.05, 3.63) is 51.6 Å². The normalized spacial score (nSPS) is 20.8. The molecule has 90 valence electrons. The molecule has 1 aromatic carbocycles. The van der Waals surface area contributed by atoms with Crippen molar-refractivity contribution in [3.63, 3.8) is 0 Å². The minimum Gasteiger partial charge on any atom is -0.253 e. The Morgan fingerprint density at radius 3 is 2.89 bits per heavy atom. The van der Waals surface area contributed by atoms with Crippen molar-refractivity contribution in [2.45, 2.75) is 10.5 Å². The fourth-order valence-electron chi connectivity index (χ4n) is 2.01. The lowest BCUT2D eigenvalue weighted by atomic mass is 10.2. The number of hydrogen-bond acceptors (Lipinski definition) is 5. The molecule has 2 aliphatic heterocycles. The van der Waals surface area contributed by atoms with E-state index in [1.807, 2.05) is 16.8 Å². The van der Waals surface area contributed by atoms with Crippen LogP contribution in [0, 0.1) is 0 Å². The topological polar surface area (TPSA) is 34.0 Å². The van der Waals surface area contributed by atoms with Gasteiger partial charge in [-0.3, -0.25) is 5.01 Å². The van der Waals surface area contributed by atoms with E-state index in [1.54, 1.807) is 29.9 Å². The molecule has 3 heterocycles. The van der Waals surface area contributed by atoms with Crippen molar-refractivity contribution in [2.24, 2.45) is 0 Å². The van der Waals surface area contributed by atoms with Crippen LogP contribution in [0.3, 0.4) is 0 Å². The van der Waals surface area contributed by atoms with Gasteiger partial charge in [0.25, 0.3) is 0 Å². The second-order valence-corrected chi connectivity index (χ2v) is 6.28. The summed E-state index contributed by atoms with van der Waals surface area (Å²) in [6.07, 6.45) is 1.75. The molecule has 1 atom stereocenters. The van der Waals surface area contributed by atoms with Gasteiger partial charge in [-0.1, -0.05) is 35.5 Å². The van der Waals surface area contributed by atoms with Crippen LogP contribution in [0.15, 0.2) is 46.2 Å². The molecule has 18 heavy (non-hydrogen) atoms. The lowest BCUT2D eigenvalue weighted by Crippen LogP contribution is -2.28. The quantitative estimate of drug-likeness (QED) is 0.807. The van der Waals surface area contributed by atoms with Gasteiger partial charge in [0.05, 0.1) is 0 Å². The highest BCUT2D eigenvalue weighted by atomic mass is 35.5. The minimum absolute atomic E-state index is 0.224. The van der Waals surface area contributed by atoms with Crippen LogP contribution in [0.2, 0.25) is 5.02 Å². The smallest absolute Gasteiger partial charge is 0.216 e. The third-order valence-electron chi connectivity index (χ3n) is 2.83. The molecule has 0 radical (unpaired) electrons. The Balaban J connectivity index is 1.75. The largest absolute Gasteiger partial charge is 0.253 e. The zero-order chi connectivity index (χ0) is 12.1. The second-order valence-electron chi connectivity index (χ2n) is 3.90. The average Bonchev–Trinajstić information content (AvgIpc) is 3.01. The van der Waals surface area contributed by atoms with E-state index in [9.17, 15) is 0 Å². The molecule has 4 rings (SSSR count). The minimum atomic E-state index is 0.224. The first kappa shape index (κ1) is 10.8. The molecule has 1 unspecified atom stereocenters. The molecule has 0 saturated heterocycles. The summed E-state index contributed by atoms with van der Waals surface area (Å²) >= 11 is 9.36. The fraction of sp³-hybridized carbons (Fsp3) is 0.0909. The summed E-state index contributed by atoms with van der Waals surface area (Å²) in [6.45, 7) is 0. The summed E-state index contributed by atoms with van der Waals surface area (Å²) in [5, 5.41) is 15.5. The van der Waals surface area contributed by atoms with E-state index >= 15 is 0 Å². The molecule has 0 saturated carbocycles. The molecule has 0 spiro atoms. The molecule has 2 aliphatic rings. The molecule has 0 aliphatic carbocycles. The summed E-state index contributed by atoms with van der Waals surface area (Å²) in [4.78, 5) is 0. The van der Waals surface area contributed by atoms with Gasteiger partial charge in [0.2, 0.25) is 5.16 Å². The maximum atomic E-state index is 5.93. The molecular weight excluding hydrogens is 288 g/mol. The van der Waals surface area contributed by atoms with E-state index in [4.69, 9.17) is 11.6 Å². The maximum Gasteiger partial charge on any atom is 0.216 e. The zero-order valence-electron chi connectivity index (χ0n) is 9.02. The van der Waals surface area contributed by atoms with Gasteiger partial charge >= 0.3 is 0 Å². The average molecular weight is 295 g/mol. The Morgan fingerprint density at radius 1 is 1.22 bits per heavy atom. The van der Waals surface area contributed by atoms with Gasteiger partial charge < -0.3 is 0 Å². The predicted octanol–water partition coefficient (Wildman–Crippen LogP) is 3.22. The Bertz CT molecular complexity index is 637. The Morgan fingerprint density at radius 2 is 2.06 bits per heavy atom. The highest BCUT2D eigenvalue weighted by Crippen LogP contribution is 2.50. The van der Waals surface area contributed by atoms with Crippen LogP contribution in [0.1, 0.15) is 10.9 Å². The van der Waals surface area contributed by atoms with Crippen LogP contribution in [-0.4, -0.2) is 14.9 Å². The molecule has 7 heteroatoms. The van der Waals surface area contributed by atoms with Crippen molar-refractivity contribution >= 4 is 35.1 Å². The molecule has 0 amide bonds. The van der Waals surface area contributed by atoms with Crippen LogP contribution in [0.25, 0.3) is 0 Å². The molecule has 1 aromatic heterocycles. The zero-order valence-corrected chi connectivity index (χ0v) is 11.4. The van der Waals surface area contributed by atoms with Crippen molar-refractivity contribution in [2.75, 3.05) is 5.01 Å². The first-order valence-electron chi connectivity index (χ1n) is 5.31.